The van der Waals surface area contributed by atoms with Crippen LogP contribution in [0.4, 0.5) is 0 Å². The van der Waals surface area contributed by atoms with Gasteiger partial charge < -0.3 is 5.73 Å². The molecule has 100 valence electrons. The predicted octanol–water partition coefficient (Wildman–Crippen LogP) is 3.24. The number of nitrogens with zero attached hydrogens (tertiary/aromatic N) is 1. The molecule has 1 aromatic rings. The van der Waals surface area contributed by atoms with E-state index in [-0.39, 0.29) is 11.4 Å². The van der Waals surface area contributed by atoms with Crippen LogP contribution < -0.4 is 5.73 Å². The molecule has 0 aliphatic heterocycles. The van der Waals surface area contributed by atoms with E-state index in [9.17, 15) is 0 Å². The second kappa shape index (κ2) is 5.72. The quantitative estimate of drug-likeness (QED) is 0.636. The van der Waals surface area contributed by atoms with Crippen molar-refractivity contribution >= 4 is 17.4 Å². The molecule has 1 aromatic carbocycles. The molecule has 3 nitrogen and oxygen atoms in total. The van der Waals surface area contributed by atoms with E-state index in [2.05, 4.69) is 32.7 Å². The van der Waals surface area contributed by atoms with Crippen molar-refractivity contribution in [1.82, 2.24) is 4.90 Å². The van der Waals surface area contributed by atoms with Crippen LogP contribution in [0.25, 0.3) is 0 Å². The number of benzene rings is 1. The summed E-state index contributed by atoms with van der Waals surface area (Å²) >= 11 is 6.23. The Morgan fingerprint density at radius 2 is 2.06 bits per heavy atom. The first-order chi connectivity index (χ1) is 8.27. The normalized spacial score (nSPS) is 11.9. The number of nitrogens with two attached hydrogens (primary N) is 1. The fourth-order valence-corrected chi connectivity index (χ4v) is 1.82. The summed E-state index contributed by atoms with van der Waals surface area (Å²) in [6, 6.07) is 5.55. The average Bonchev–Trinajstić information content (AvgIpc) is 2.31. The molecular formula is C14H22ClN3. The van der Waals surface area contributed by atoms with E-state index >= 15 is 0 Å². The molecule has 1 rings (SSSR count). The lowest BCUT2D eigenvalue weighted by Crippen LogP contribution is -2.39. The Bertz CT molecular complexity index is 441. The molecule has 3 N–H and O–H groups in total. The Labute approximate surface area is 114 Å². The van der Waals surface area contributed by atoms with Crippen molar-refractivity contribution in [2.75, 3.05) is 7.05 Å². The van der Waals surface area contributed by atoms with Crippen molar-refractivity contribution in [3.8, 4) is 0 Å². The van der Waals surface area contributed by atoms with Crippen molar-refractivity contribution in [3.63, 3.8) is 0 Å². The summed E-state index contributed by atoms with van der Waals surface area (Å²) in [6.45, 7) is 7.39. The first-order valence-corrected chi connectivity index (χ1v) is 6.49. The third-order valence-electron chi connectivity index (χ3n) is 3.67. The zero-order valence-corrected chi connectivity index (χ0v) is 12.3. The maximum Gasteiger partial charge on any atom is 0.122 e. The highest BCUT2D eigenvalue weighted by molar-refractivity contribution is 6.31. The zero-order chi connectivity index (χ0) is 13.9. The lowest BCUT2D eigenvalue weighted by atomic mass is 9.99. The molecule has 0 aromatic heterocycles. The predicted molar refractivity (Wildman–Crippen MR) is 78.3 cm³/mol. The molecule has 0 unspecified atom stereocenters. The van der Waals surface area contributed by atoms with E-state index in [4.69, 9.17) is 22.7 Å². The van der Waals surface area contributed by atoms with E-state index < -0.39 is 0 Å². The van der Waals surface area contributed by atoms with Crippen molar-refractivity contribution in [3.05, 3.63) is 34.3 Å². The molecule has 0 saturated carbocycles. The SMILES string of the molecule is CCC(C)(C)N(C)Cc1ccc(C(=N)N)cc1Cl. The van der Waals surface area contributed by atoms with Crippen LogP contribution in [-0.2, 0) is 6.54 Å². The van der Waals surface area contributed by atoms with E-state index in [1.165, 1.54) is 0 Å². The van der Waals surface area contributed by atoms with Crippen LogP contribution >= 0.6 is 11.6 Å². The lowest BCUT2D eigenvalue weighted by molar-refractivity contribution is 0.143. The first-order valence-electron chi connectivity index (χ1n) is 6.12. The number of amidine groups is 1. The van der Waals surface area contributed by atoms with Crippen molar-refractivity contribution in [1.29, 1.82) is 5.41 Å². The van der Waals surface area contributed by atoms with Crippen LogP contribution in [0, 0.1) is 5.41 Å². The number of halogens is 1. The zero-order valence-electron chi connectivity index (χ0n) is 11.5. The summed E-state index contributed by atoms with van der Waals surface area (Å²) in [5, 5.41) is 8.05. The maximum atomic E-state index is 7.38. The van der Waals surface area contributed by atoms with Crippen LogP contribution in [0.15, 0.2) is 18.2 Å². The Morgan fingerprint density at radius 3 is 2.50 bits per heavy atom. The molecule has 18 heavy (non-hydrogen) atoms. The Hall–Kier alpha value is -1.06. The van der Waals surface area contributed by atoms with Gasteiger partial charge >= 0.3 is 0 Å². The summed E-state index contributed by atoms with van der Waals surface area (Å²) in [7, 11) is 2.10. The van der Waals surface area contributed by atoms with Crippen LogP contribution in [0.5, 0.6) is 0 Å². The summed E-state index contributed by atoms with van der Waals surface area (Å²) in [6.07, 6.45) is 1.08. The van der Waals surface area contributed by atoms with Gasteiger partial charge in [-0.1, -0.05) is 30.7 Å². The molecule has 0 aliphatic rings. The Kier molecular flexibility index (Phi) is 4.77. The average molecular weight is 268 g/mol. The molecule has 0 radical (unpaired) electrons. The van der Waals surface area contributed by atoms with E-state index in [1.54, 1.807) is 6.07 Å². The van der Waals surface area contributed by atoms with Gasteiger partial charge in [-0.3, -0.25) is 10.3 Å². The van der Waals surface area contributed by atoms with Crippen molar-refractivity contribution in [2.24, 2.45) is 5.73 Å². The van der Waals surface area contributed by atoms with Crippen LogP contribution in [0.3, 0.4) is 0 Å². The van der Waals surface area contributed by atoms with Gasteiger partial charge in [-0.25, -0.2) is 0 Å². The number of nitrogen functional groups attached to an aromatic ring is 1. The number of hydrogen-bond donors (Lipinski definition) is 2. The van der Waals surface area contributed by atoms with Gasteiger partial charge in [0, 0.05) is 22.7 Å². The molecule has 0 fully saturated rings. The summed E-state index contributed by atoms with van der Waals surface area (Å²) in [5.74, 6) is 0.0469. The second-order valence-corrected chi connectivity index (χ2v) is 5.65. The minimum Gasteiger partial charge on any atom is -0.384 e. The minimum atomic E-state index is 0.0469. The highest BCUT2D eigenvalue weighted by atomic mass is 35.5. The largest absolute Gasteiger partial charge is 0.384 e. The fraction of sp³-hybridized carbons (Fsp3) is 0.500. The molecule has 0 aliphatic carbocycles. The number of rotatable bonds is 5. The van der Waals surface area contributed by atoms with Gasteiger partial charge in [-0.2, -0.15) is 0 Å². The molecule has 0 amide bonds. The fourth-order valence-electron chi connectivity index (χ4n) is 1.58. The van der Waals surface area contributed by atoms with Crippen molar-refractivity contribution in [2.45, 2.75) is 39.3 Å². The van der Waals surface area contributed by atoms with E-state index in [0.717, 1.165) is 18.5 Å². The maximum absolute atomic E-state index is 7.38. The summed E-state index contributed by atoms with van der Waals surface area (Å²) in [5.41, 5.74) is 7.31. The van der Waals surface area contributed by atoms with Crippen LogP contribution in [0.2, 0.25) is 5.02 Å². The molecule has 0 spiro atoms. The Balaban J connectivity index is 2.89. The third-order valence-corrected chi connectivity index (χ3v) is 4.02. The minimum absolute atomic E-state index is 0.0469. The summed E-state index contributed by atoms with van der Waals surface area (Å²) < 4.78 is 0. The summed E-state index contributed by atoms with van der Waals surface area (Å²) in [4.78, 5) is 2.28. The van der Waals surface area contributed by atoms with Gasteiger partial charge in [0.2, 0.25) is 0 Å². The molecule has 0 bridgehead atoms. The van der Waals surface area contributed by atoms with Crippen LogP contribution in [-0.4, -0.2) is 23.3 Å². The molecule has 0 heterocycles. The molecule has 0 saturated heterocycles. The standard InChI is InChI=1S/C14H22ClN3/c1-5-14(2,3)18(4)9-11-7-6-10(13(16)17)8-12(11)15/h6-8H,5,9H2,1-4H3,(H3,16,17). The van der Waals surface area contributed by atoms with E-state index in [0.29, 0.717) is 10.6 Å². The van der Waals surface area contributed by atoms with Gasteiger partial charge in [-0.15, -0.1) is 0 Å². The second-order valence-electron chi connectivity index (χ2n) is 5.24. The monoisotopic (exact) mass is 267 g/mol. The van der Waals surface area contributed by atoms with Gasteiger partial charge in [0.25, 0.3) is 0 Å². The van der Waals surface area contributed by atoms with E-state index in [1.807, 2.05) is 12.1 Å². The molecule has 4 heteroatoms. The van der Waals surface area contributed by atoms with Gasteiger partial charge in [-0.05, 0) is 38.9 Å². The highest BCUT2D eigenvalue weighted by Gasteiger charge is 2.21. The van der Waals surface area contributed by atoms with Gasteiger partial charge in [0.1, 0.15) is 5.84 Å². The number of nitrogens with one attached hydrogen (secondary N) is 1. The van der Waals surface area contributed by atoms with Gasteiger partial charge in [0.15, 0.2) is 0 Å². The van der Waals surface area contributed by atoms with Crippen LogP contribution in [0.1, 0.15) is 38.3 Å². The van der Waals surface area contributed by atoms with Crippen molar-refractivity contribution < 1.29 is 0 Å². The molecule has 0 atom stereocenters. The third kappa shape index (κ3) is 3.47. The topological polar surface area (TPSA) is 53.1 Å². The Morgan fingerprint density at radius 1 is 1.44 bits per heavy atom. The first kappa shape index (κ1) is 15.0. The smallest absolute Gasteiger partial charge is 0.122 e. The lowest BCUT2D eigenvalue weighted by Gasteiger charge is -2.35. The highest BCUT2D eigenvalue weighted by Crippen LogP contribution is 2.24. The molecular weight excluding hydrogens is 246 g/mol. The number of hydrogen-bond acceptors (Lipinski definition) is 2. The van der Waals surface area contributed by atoms with Gasteiger partial charge in [0.05, 0.1) is 0 Å².